The molecule has 0 bridgehead atoms. The standard InChI is InChI=1S/C18H19ClFN/c1-12-2-4-13(5-3-12)17-11-21-9-8-15(17)16-7-6-14(19)10-18(16)20/h2-7,10,15,17,21H,8-9,11H2,1H3. The van der Waals surface area contributed by atoms with Gasteiger partial charge in [-0.25, -0.2) is 4.39 Å². The fraction of sp³-hybridized carbons (Fsp3) is 0.333. The molecule has 2 atom stereocenters. The Morgan fingerprint density at radius 1 is 1.10 bits per heavy atom. The summed E-state index contributed by atoms with van der Waals surface area (Å²) >= 11 is 5.87. The summed E-state index contributed by atoms with van der Waals surface area (Å²) in [5.41, 5.74) is 3.30. The average molecular weight is 304 g/mol. The highest BCUT2D eigenvalue weighted by Crippen LogP contribution is 2.38. The molecule has 0 radical (unpaired) electrons. The lowest BCUT2D eigenvalue weighted by Gasteiger charge is -2.33. The Morgan fingerprint density at radius 2 is 1.86 bits per heavy atom. The maximum atomic E-state index is 14.3. The van der Waals surface area contributed by atoms with Crippen LogP contribution in [0.15, 0.2) is 42.5 Å². The number of hydrogen-bond donors (Lipinski definition) is 1. The summed E-state index contributed by atoms with van der Waals surface area (Å²) in [6.45, 7) is 3.89. The number of hydrogen-bond acceptors (Lipinski definition) is 1. The summed E-state index contributed by atoms with van der Waals surface area (Å²) in [5, 5.41) is 3.89. The van der Waals surface area contributed by atoms with Crippen molar-refractivity contribution in [1.29, 1.82) is 0 Å². The average Bonchev–Trinajstić information content (AvgIpc) is 2.48. The Balaban J connectivity index is 1.96. The predicted octanol–water partition coefficient (Wildman–Crippen LogP) is 4.65. The van der Waals surface area contributed by atoms with E-state index < -0.39 is 0 Å². The first-order chi connectivity index (χ1) is 10.1. The van der Waals surface area contributed by atoms with E-state index in [1.54, 1.807) is 6.07 Å². The highest BCUT2D eigenvalue weighted by atomic mass is 35.5. The van der Waals surface area contributed by atoms with E-state index >= 15 is 0 Å². The lowest BCUT2D eigenvalue weighted by Crippen LogP contribution is -2.34. The van der Waals surface area contributed by atoms with Crippen LogP contribution in [0.2, 0.25) is 5.02 Å². The summed E-state index contributed by atoms with van der Waals surface area (Å²) in [7, 11) is 0. The number of piperidine rings is 1. The van der Waals surface area contributed by atoms with Gasteiger partial charge in [-0.15, -0.1) is 0 Å². The molecule has 0 spiro atoms. The van der Waals surface area contributed by atoms with Crippen LogP contribution in [-0.2, 0) is 0 Å². The number of rotatable bonds is 2. The third-order valence-corrected chi connectivity index (χ3v) is 4.58. The second kappa shape index (κ2) is 6.17. The SMILES string of the molecule is Cc1ccc(C2CNCCC2c2ccc(Cl)cc2F)cc1. The molecule has 3 heteroatoms. The third kappa shape index (κ3) is 3.12. The van der Waals surface area contributed by atoms with Crippen LogP contribution >= 0.6 is 11.6 Å². The molecule has 1 N–H and O–H groups in total. The maximum absolute atomic E-state index is 14.3. The predicted molar refractivity (Wildman–Crippen MR) is 85.6 cm³/mol. The fourth-order valence-electron chi connectivity index (χ4n) is 3.20. The van der Waals surface area contributed by atoms with Crippen molar-refractivity contribution in [2.75, 3.05) is 13.1 Å². The van der Waals surface area contributed by atoms with Gasteiger partial charge in [-0.1, -0.05) is 47.5 Å². The molecule has 0 aromatic heterocycles. The molecule has 0 saturated carbocycles. The molecular weight excluding hydrogens is 285 g/mol. The lowest BCUT2D eigenvalue weighted by atomic mass is 9.77. The first-order valence-electron chi connectivity index (χ1n) is 7.37. The van der Waals surface area contributed by atoms with E-state index in [1.807, 2.05) is 6.07 Å². The zero-order valence-electron chi connectivity index (χ0n) is 12.1. The van der Waals surface area contributed by atoms with Gasteiger partial charge in [0.05, 0.1) is 0 Å². The smallest absolute Gasteiger partial charge is 0.128 e. The van der Waals surface area contributed by atoms with Crippen molar-refractivity contribution in [3.63, 3.8) is 0 Å². The molecule has 1 nitrogen and oxygen atoms in total. The van der Waals surface area contributed by atoms with Crippen LogP contribution in [0.25, 0.3) is 0 Å². The molecule has 1 saturated heterocycles. The lowest BCUT2D eigenvalue weighted by molar-refractivity contribution is 0.393. The monoisotopic (exact) mass is 303 g/mol. The molecule has 0 aliphatic carbocycles. The van der Waals surface area contributed by atoms with Gasteiger partial charge in [0.2, 0.25) is 0 Å². The van der Waals surface area contributed by atoms with E-state index in [0.29, 0.717) is 10.9 Å². The van der Waals surface area contributed by atoms with E-state index in [2.05, 4.69) is 36.5 Å². The minimum atomic E-state index is -0.188. The molecule has 1 aliphatic rings. The number of aryl methyl sites for hydroxylation is 1. The van der Waals surface area contributed by atoms with Gasteiger partial charge >= 0.3 is 0 Å². The second-order valence-electron chi connectivity index (χ2n) is 5.78. The topological polar surface area (TPSA) is 12.0 Å². The summed E-state index contributed by atoms with van der Waals surface area (Å²) in [4.78, 5) is 0. The van der Waals surface area contributed by atoms with Gasteiger partial charge in [0.15, 0.2) is 0 Å². The summed E-state index contributed by atoms with van der Waals surface area (Å²) in [6.07, 6.45) is 0.942. The molecule has 2 aromatic rings. The Kier molecular flexibility index (Phi) is 4.27. The third-order valence-electron chi connectivity index (χ3n) is 4.35. The maximum Gasteiger partial charge on any atom is 0.128 e. The number of nitrogens with one attached hydrogen (secondary N) is 1. The molecule has 21 heavy (non-hydrogen) atoms. The first-order valence-corrected chi connectivity index (χ1v) is 7.75. The Bertz CT molecular complexity index is 624. The molecule has 0 amide bonds. The molecule has 1 aliphatic heterocycles. The van der Waals surface area contributed by atoms with E-state index in [-0.39, 0.29) is 11.7 Å². The number of halogens is 2. The van der Waals surface area contributed by atoms with Crippen LogP contribution < -0.4 is 5.32 Å². The van der Waals surface area contributed by atoms with Gasteiger partial charge in [0.25, 0.3) is 0 Å². The van der Waals surface area contributed by atoms with E-state index in [4.69, 9.17) is 11.6 Å². The van der Waals surface area contributed by atoms with Gasteiger partial charge < -0.3 is 5.32 Å². The number of benzene rings is 2. The van der Waals surface area contributed by atoms with Crippen molar-refractivity contribution in [3.8, 4) is 0 Å². The minimum absolute atomic E-state index is 0.188. The summed E-state index contributed by atoms with van der Waals surface area (Å²) < 4.78 is 14.3. The largest absolute Gasteiger partial charge is 0.316 e. The van der Waals surface area contributed by atoms with E-state index in [1.165, 1.54) is 17.2 Å². The van der Waals surface area contributed by atoms with Crippen molar-refractivity contribution in [2.45, 2.75) is 25.2 Å². The fourth-order valence-corrected chi connectivity index (χ4v) is 3.36. The Hall–Kier alpha value is -1.38. The Labute approximate surface area is 130 Å². The molecule has 2 aromatic carbocycles. The highest BCUT2D eigenvalue weighted by Gasteiger charge is 2.29. The quantitative estimate of drug-likeness (QED) is 0.851. The zero-order valence-corrected chi connectivity index (χ0v) is 12.8. The Morgan fingerprint density at radius 3 is 2.57 bits per heavy atom. The van der Waals surface area contributed by atoms with Crippen LogP contribution in [-0.4, -0.2) is 13.1 Å². The normalized spacial score (nSPS) is 22.2. The highest BCUT2D eigenvalue weighted by molar-refractivity contribution is 6.30. The summed E-state index contributed by atoms with van der Waals surface area (Å²) in [6, 6.07) is 13.6. The van der Waals surface area contributed by atoms with Crippen LogP contribution in [0.4, 0.5) is 4.39 Å². The van der Waals surface area contributed by atoms with Crippen LogP contribution in [0, 0.1) is 12.7 Å². The van der Waals surface area contributed by atoms with Crippen LogP contribution in [0.5, 0.6) is 0 Å². The summed E-state index contributed by atoms with van der Waals surface area (Å²) in [5.74, 6) is 0.313. The van der Waals surface area contributed by atoms with Gasteiger partial charge in [-0.3, -0.25) is 0 Å². The van der Waals surface area contributed by atoms with Crippen molar-refractivity contribution in [3.05, 3.63) is 70.0 Å². The van der Waals surface area contributed by atoms with Crippen LogP contribution in [0.1, 0.15) is 34.9 Å². The van der Waals surface area contributed by atoms with Crippen molar-refractivity contribution < 1.29 is 4.39 Å². The molecule has 1 fully saturated rings. The first kappa shape index (κ1) is 14.6. The molecule has 3 rings (SSSR count). The van der Waals surface area contributed by atoms with Crippen LogP contribution in [0.3, 0.4) is 0 Å². The van der Waals surface area contributed by atoms with E-state index in [9.17, 15) is 4.39 Å². The van der Waals surface area contributed by atoms with Gasteiger partial charge in [-0.05, 0) is 49.1 Å². The zero-order chi connectivity index (χ0) is 14.8. The second-order valence-corrected chi connectivity index (χ2v) is 6.22. The molecule has 2 unspecified atom stereocenters. The van der Waals surface area contributed by atoms with Crippen molar-refractivity contribution in [1.82, 2.24) is 5.32 Å². The minimum Gasteiger partial charge on any atom is -0.316 e. The molecule has 110 valence electrons. The van der Waals surface area contributed by atoms with Crippen molar-refractivity contribution in [2.24, 2.45) is 0 Å². The van der Waals surface area contributed by atoms with E-state index in [0.717, 1.165) is 25.1 Å². The van der Waals surface area contributed by atoms with Gasteiger partial charge in [0.1, 0.15) is 5.82 Å². The van der Waals surface area contributed by atoms with Gasteiger partial charge in [0, 0.05) is 17.5 Å². The van der Waals surface area contributed by atoms with Crippen molar-refractivity contribution >= 4 is 11.6 Å². The van der Waals surface area contributed by atoms with Gasteiger partial charge in [-0.2, -0.15) is 0 Å². The molecule has 1 heterocycles. The molecular formula is C18H19ClFN.